The zero-order chi connectivity index (χ0) is 36.1. The highest BCUT2D eigenvalue weighted by molar-refractivity contribution is 5.78. The number of allylic oxidation sites excluding steroid dienone is 22. The van der Waals surface area contributed by atoms with Crippen molar-refractivity contribution in [3.8, 4) is 0 Å². The highest BCUT2D eigenvalue weighted by Crippen LogP contribution is 2.36. The molecule has 0 saturated carbocycles. The molecular formula is C49H57N. The summed E-state index contributed by atoms with van der Waals surface area (Å²) >= 11 is 0. The van der Waals surface area contributed by atoms with Crippen molar-refractivity contribution in [1.82, 2.24) is 0 Å². The number of benzene rings is 2. The first kappa shape index (κ1) is 39.3. The van der Waals surface area contributed by atoms with Crippen molar-refractivity contribution in [1.29, 1.82) is 0 Å². The van der Waals surface area contributed by atoms with Gasteiger partial charge >= 0.3 is 0 Å². The van der Waals surface area contributed by atoms with Crippen LogP contribution in [-0.2, 0) is 0 Å². The van der Waals surface area contributed by atoms with Crippen molar-refractivity contribution >= 4 is 22.5 Å². The molecule has 0 aliphatic heterocycles. The molecule has 3 rings (SSSR count). The Morgan fingerprint density at radius 1 is 0.780 bits per heavy atom. The van der Waals surface area contributed by atoms with E-state index in [2.05, 4.69) is 168 Å². The van der Waals surface area contributed by atoms with Gasteiger partial charge in [0.2, 0.25) is 0 Å². The average molecular weight is 660 g/mol. The summed E-state index contributed by atoms with van der Waals surface area (Å²) in [5.74, 6) is 1.01. The molecule has 258 valence electrons. The molecule has 0 heterocycles. The summed E-state index contributed by atoms with van der Waals surface area (Å²) in [7, 11) is 0. The van der Waals surface area contributed by atoms with E-state index in [9.17, 15) is 0 Å². The summed E-state index contributed by atoms with van der Waals surface area (Å²) in [6, 6.07) is 17.7. The van der Waals surface area contributed by atoms with Crippen molar-refractivity contribution in [2.24, 2.45) is 11.8 Å². The van der Waals surface area contributed by atoms with Gasteiger partial charge < -0.3 is 4.90 Å². The van der Waals surface area contributed by atoms with Crippen LogP contribution in [0.4, 0.5) is 11.4 Å². The fourth-order valence-corrected chi connectivity index (χ4v) is 6.25. The van der Waals surface area contributed by atoms with Gasteiger partial charge in [0.05, 0.1) is 0 Å². The lowest BCUT2D eigenvalue weighted by Crippen LogP contribution is -2.16. The van der Waals surface area contributed by atoms with Crippen LogP contribution in [0.3, 0.4) is 0 Å². The maximum Gasteiger partial charge on any atom is 0.0461 e. The van der Waals surface area contributed by atoms with Gasteiger partial charge in [-0.3, -0.25) is 0 Å². The Labute approximate surface area is 304 Å². The molecule has 1 nitrogen and oxygen atoms in total. The second-order valence-electron chi connectivity index (χ2n) is 12.4. The molecule has 1 aliphatic rings. The van der Waals surface area contributed by atoms with Crippen LogP contribution in [0.15, 0.2) is 194 Å². The Balaban J connectivity index is 1.92. The van der Waals surface area contributed by atoms with Crippen molar-refractivity contribution in [3.63, 3.8) is 0 Å². The first-order chi connectivity index (χ1) is 24.4. The second-order valence-corrected chi connectivity index (χ2v) is 12.4. The van der Waals surface area contributed by atoms with E-state index in [4.69, 9.17) is 0 Å². The lowest BCUT2D eigenvalue weighted by atomic mass is 9.77. The van der Waals surface area contributed by atoms with Crippen LogP contribution in [0.2, 0.25) is 0 Å². The van der Waals surface area contributed by atoms with Crippen LogP contribution < -0.4 is 4.90 Å². The van der Waals surface area contributed by atoms with E-state index in [1.165, 1.54) is 28.0 Å². The van der Waals surface area contributed by atoms with E-state index >= 15 is 0 Å². The summed E-state index contributed by atoms with van der Waals surface area (Å²) < 4.78 is 0. The van der Waals surface area contributed by atoms with E-state index in [1.54, 1.807) is 6.08 Å². The van der Waals surface area contributed by atoms with Crippen molar-refractivity contribution in [2.75, 3.05) is 4.90 Å². The number of hydrogen-bond acceptors (Lipinski definition) is 1. The lowest BCUT2D eigenvalue weighted by Gasteiger charge is -2.28. The molecule has 2 aromatic rings. The molecule has 2 unspecified atom stereocenters. The maximum atomic E-state index is 4.05. The standard InChI is InChI=1S/C49H57N/c1-9-15-18-24-39(7)43-31-35-47(36-32-43)50(48-37-33-45(34-38-48)41(13-5)25-17-11-3)46(23-12-4)29-21-20-27-44-28-22-30-49(40(44)8)42(14-6)26-19-16-10-2/h9-13,15-19,22-26,28-38,40,44H,1-2,5,14,20-21,27H2,3-4,6-8H3/b17-11-,18-15-,19-16-,23-12-,39-24+,41-25+,42-26+,46-29+. The van der Waals surface area contributed by atoms with E-state index in [1.807, 2.05) is 43.4 Å². The third kappa shape index (κ3) is 11.5. The first-order valence-electron chi connectivity index (χ1n) is 18.0. The fraction of sp³-hybridized carbons (Fsp3) is 0.224. The third-order valence-corrected chi connectivity index (χ3v) is 9.08. The molecule has 0 bridgehead atoms. The monoisotopic (exact) mass is 659 g/mol. The third-order valence-electron chi connectivity index (χ3n) is 9.08. The van der Waals surface area contributed by atoms with Crippen molar-refractivity contribution in [2.45, 2.75) is 60.3 Å². The molecular weight excluding hydrogens is 603 g/mol. The van der Waals surface area contributed by atoms with Crippen LogP contribution in [-0.4, -0.2) is 0 Å². The lowest BCUT2D eigenvalue weighted by molar-refractivity contribution is 0.441. The molecule has 0 fully saturated rings. The minimum Gasteiger partial charge on any atom is -0.311 e. The summed E-state index contributed by atoms with van der Waals surface area (Å²) in [5, 5.41) is 0. The van der Waals surface area contributed by atoms with E-state index in [-0.39, 0.29) is 0 Å². The van der Waals surface area contributed by atoms with Gasteiger partial charge in [-0.15, -0.1) is 0 Å². The topological polar surface area (TPSA) is 3.24 Å². The van der Waals surface area contributed by atoms with Crippen LogP contribution in [0.1, 0.15) is 71.4 Å². The Morgan fingerprint density at radius 3 is 2.00 bits per heavy atom. The molecule has 1 aliphatic carbocycles. The Morgan fingerprint density at radius 2 is 1.42 bits per heavy atom. The summed E-state index contributed by atoms with van der Waals surface area (Å²) in [5.41, 5.74) is 10.9. The fourth-order valence-electron chi connectivity index (χ4n) is 6.25. The molecule has 50 heavy (non-hydrogen) atoms. The average Bonchev–Trinajstić information content (AvgIpc) is 3.14. The molecule has 0 spiro atoms. The van der Waals surface area contributed by atoms with E-state index in [0.717, 1.165) is 48.2 Å². The maximum absolute atomic E-state index is 4.05. The zero-order valence-electron chi connectivity index (χ0n) is 31.1. The van der Waals surface area contributed by atoms with Gasteiger partial charge in [0.25, 0.3) is 0 Å². The molecule has 2 atom stereocenters. The Hall–Kier alpha value is -5.14. The van der Waals surface area contributed by atoms with Crippen molar-refractivity contribution in [3.05, 3.63) is 206 Å². The van der Waals surface area contributed by atoms with Gasteiger partial charge in [0, 0.05) is 17.1 Å². The summed E-state index contributed by atoms with van der Waals surface area (Å²) in [6.07, 6.45) is 42.2. The first-order valence-corrected chi connectivity index (χ1v) is 18.0. The van der Waals surface area contributed by atoms with Crippen LogP contribution in [0.5, 0.6) is 0 Å². The van der Waals surface area contributed by atoms with Gasteiger partial charge in [-0.05, 0) is 122 Å². The van der Waals surface area contributed by atoms with Gasteiger partial charge in [0.15, 0.2) is 0 Å². The van der Waals surface area contributed by atoms with Gasteiger partial charge in [-0.1, -0.05) is 161 Å². The molecule has 0 aromatic heterocycles. The predicted octanol–water partition coefficient (Wildman–Crippen LogP) is 14.6. The molecule has 0 amide bonds. The molecule has 0 saturated heterocycles. The smallest absolute Gasteiger partial charge is 0.0461 e. The van der Waals surface area contributed by atoms with E-state index < -0.39 is 0 Å². The van der Waals surface area contributed by atoms with Crippen molar-refractivity contribution < 1.29 is 0 Å². The molecule has 1 heteroatoms. The number of anilines is 2. The molecule has 0 N–H and O–H groups in total. The number of unbranched alkanes of at least 4 members (excludes halogenated alkanes) is 1. The van der Waals surface area contributed by atoms with Gasteiger partial charge in [0.1, 0.15) is 0 Å². The molecule has 2 aromatic carbocycles. The minimum atomic E-state index is 0.489. The quantitative estimate of drug-likeness (QED) is 0.114. The Bertz CT molecular complexity index is 1720. The highest BCUT2D eigenvalue weighted by Gasteiger charge is 2.22. The SMILES string of the molecule is C=C/C=C\C=C(/CC)C1=CC=CC(CCC/C=C(\C=C/C)N(c2ccc(/C(C)=C/C=C\C=C)cc2)c2ccc(/C(C=C)=C/C=C\C)cc2)C1C. The summed E-state index contributed by atoms with van der Waals surface area (Å²) in [6.45, 7) is 22.5. The number of rotatable bonds is 18. The number of hydrogen-bond donors (Lipinski definition) is 0. The Kier molecular flexibility index (Phi) is 17.1. The van der Waals surface area contributed by atoms with Crippen LogP contribution >= 0.6 is 0 Å². The molecule has 0 radical (unpaired) electrons. The largest absolute Gasteiger partial charge is 0.311 e. The predicted molar refractivity (Wildman–Crippen MR) is 225 cm³/mol. The zero-order valence-corrected chi connectivity index (χ0v) is 31.1. The minimum absolute atomic E-state index is 0.489. The van der Waals surface area contributed by atoms with Gasteiger partial charge in [-0.2, -0.15) is 0 Å². The highest BCUT2D eigenvalue weighted by atomic mass is 15.1. The summed E-state index contributed by atoms with van der Waals surface area (Å²) in [4.78, 5) is 2.37. The van der Waals surface area contributed by atoms with Crippen LogP contribution in [0, 0.1) is 11.8 Å². The number of nitrogens with zero attached hydrogens (tertiary/aromatic N) is 1. The van der Waals surface area contributed by atoms with E-state index in [0.29, 0.717) is 11.8 Å². The normalized spacial score (nSPS) is 17.7. The second kappa shape index (κ2) is 21.8. The van der Waals surface area contributed by atoms with Crippen LogP contribution in [0.25, 0.3) is 11.1 Å². The van der Waals surface area contributed by atoms with Gasteiger partial charge in [-0.25, -0.2) is 0 Å².